The lowest BCUT2D eigenvalue weighted by atomic mass is 9.95. The van der Waals surface area contributed by atoms with Crippen molar-refractivity contribution in [3.05, 3.63) is 44.5 Å². The minimum Gasteiger partial charge on any atom is -0.379 e. The number of ether oxygens (including phenoxy) is 1. The fourth-order valence-corrected chi connectivity index (χ4v) is 3.90. The summed E-state index contributed by atoms with van der Waals surface area (Å²) in [6, 6.07) is 4.98. The molecule has 0 unspecified atom stereocenters. The quantitative estimate of drug-likeness (QED) is 0.760. The second-order valence-electron chi connectivity index (χ2n) is 7.32. The van der Waals surface area contributed by atoms with Crippen molar-refractivity contribution < 1.29 is 9.53 Å². The summed E-state index contributed by atoms with van der Waals surface area (Å²) in [6.45, 7) is 6.18. The van der Waals surface area contributed by atoms with Crippen LogP contribution in [0.4, 0.5) is 0 Å². The number of hydrogen-bond acceptors (Lipinski definition) is 5. The third-order valence-corrected chi connectivity index (χ3v) is 5.49. The number of aromatic nitrogens is 2. The van der Waals surface area contributed by atoms with Gasteiger partial charge >= 0.3 is 11.1 Å². The van der Waals surface area contributed by atoms with Crippen LogP contribution in [0.15, 0.2) is 27.8 Å². The molecule has 8 heteroatoms. The first-order chi connectivity index (χ1) is 13.1. The van der Waals surface area contributed by atoms with Crippen LogP contribution in [0.25, 0.3) is 11.0 Å². The van der Waals surface area contributed by atoms with Gasteiger partial charge in [0.15, 0.2) is 0 Å². The van der Waals surface area contributed by atoms with Crippen LogP contribution in [0.2, 0.25) is 0 Å². The molecule has 0 aliphatic carbocycles. The molecule has 2 N–H and O–H groups in total. The van der Waals surface area contributed by atoms with Crippen LogP contribution in [-0.2, 0) is 4.74 Å². The van der Waals surface area contributed by atoms with Gasteiger partial charge < -0.3 is 19.6 Å². The van der Waals surface area contributed by atoms with Crippen LogP contribution < -0.4 is 11.1 Å². The highest BCUT2D eigenvalue weighted by Crippen LogP contribution is 2.21. The van der Waals surface area contributed by atoms with E-state index >= 15 is 0 Å². The number of amides is 1. The fourth-order valence-electron chi connectivity index (χ4n) is 3.90. The van der Waals surface area contributed by atoms with Crippen molar-refractivity contribution >= 4 is 16.9 Å². The molecule has 0 atom stereocenters. The maximum atomic E-state index is 12.8. The Morgan fingerprint density at radius 1 is 1.00 bits per heavy atom. The number of nitrogens with one attached hydrogen (secondary N) is 2. The summed E-state index contributed by atoms with van der Waals surface area (Å²) in [4.78, 5) is 45.1. The first kappa shape index (κ1) is 17.9. The predicted molar refractivity (Wildman–Crippen MR) is 101 cm³/mol. The van der Waals surface area contributed by atoms with Gasteiger partial charge in [0.25, 0.3) is 5.91 Å². The highest BCUT2D eigenvalue weighted by molar-refractivity contribution is 5.97. The molecule has 2 aromatic rings. The lowest BCUT2D eigenvalue weighted by Crippen LogP contribution is -2.44. The Bertz CT molecular complexity index is 937. The largest absolute Gasteiger partial charge is 0.379 e. The number of carbonyl (C=O) groups excluding carboxylic acids is 1. The van der Waals surface area contributed by atoms with E-state index in [1.165, 1.54) is 0 Å². The number of piperidine rings is 1. The van der Waals surface area contributed by atoms with Gasteiger partial charge in [0.2, 0.25) is 0 Å². The van der Waals surface area contributed by atoms with Gasteiger partial charge in [0, 0.05) is 38.3 Å². The first-order valence-electron chi connectivity index (χ1n) is 9.46. The monoisotopic (exact) mass is 372 g/mol. The van der Waals surface area contributed by atoms with E-state index in [1.807, 2.05) is 4.90 Å². The number of fused-ring (bicyclic) bond motifs is 1. The first-order valence-corrected chi connectivity index (χ1v) is 9.46. The number of likely N-dealkylation sites (tertiary alicyclic amines) is 1. The Morgan fingerprint density at radius 2 is 1.67 bits per heavy atom. The summed E-state index contributed by atoms with van der Waals surface area (Å²) in [5.74, 6) is 0.582. The number of rotatable bonds is 3. The van der Waals surface area contributed by atoms with Gasteiger partial charge in [-0.25, -0.2) is 0 Å². The van der Waals surface area contributed by atoms with E-state index in [0.29, 0.717) is 22.5 Å². The Kier molecular flexibility index (Phi) is 5.09. The van der Waals surface area contributed by atoms with Crippen LogP contribution in [-0.4, -0.2) is 71.6 Å². The van der Waals surface area contributed by atoms with Crippen LogP contribution in [0, 0.1) is 5.92 Å². The number of H-pyrrole nitrogens is 2. The van der Waals surface area contributed by atoms with Gasteiger partial charge in [-0.05, 0) is 37.0 Å². The second kappa shape index (κ2) is 7.66. The molecule has 1 aromatic heterocycles. The number of morpholine rings is 1. The molecule has 2 saturated heterocycles. The van der Waals surface area contributed by atoms with Gasteiger partial charge in [-0.15, -0.1) is 0 Å². The molecular formula is C19H24N4O4. The summed E-state index contributed by atoms with van der Waals surface area (Å²) >= 11 is 0. The summed E-state index contributed by atoms with van der Waals surface area (Å²) in [6.07, 6.45) is 2.00. The molecule has 3 heterocycles. The molecule has 2 aliphatic heterocycles. The Hall–Kier alpha value is -2.45. The minimum atomic E-state index is -0.712. The molecule has 2 aliphatic rings. The molecule has 4 rings (SSSR count). The molecule has 0 saturated carbocycles. The fraction of sp³-hybridized carbons (Fsp3) is 0.526. The Balaban J connectivity index is 1.40. The Labute approximate surface area is 156 Å². The van der Waals surface area contributed by atoms with E-state index in [-0.39, 0.29) is 5.91 Å². The number of benzene rings is 1. The molecule has 2 fully saturated rings. The highest BCUT2D eigenvalue weighted by atomic mass is 16.5. The minimum absolute atomic E-state index is 0.0335. The van der Waals surface area contributed by atoms with Crippen molar-refractivity contribution in [3.63, 3.8) is 0 Å². The van der Waals surface area contributed by atoms with E-state index in [4.69, 9.17) is 4.74 Å². The van der Waals surface area contributed by atoms with Gasteiger partial charge in [-0.3, -0.25) is 19.3 Å². The predicted octanol–water partition coefficient (Wildman–Crippen LogP) is 0.401. The van der Waals surface area contributed by atoms with Crippen molar-refractivity contribution in [1.29, 1.82) is 0 Å². The van der Waals surface area contributed by atoms with Crippen molar-refractivity contribution in [1.82, 2.24) is 19.8 Å². The van der Waals surface area contributed by atoms with Crippen LogP contribution in [0.5, 0.6) is 0 Å². The SMILES string of the molecule is O=C(c1ccc2[nH]c(=O)c(=O)[nH]c2c1)N1CCC(CN2CCOCC2)CC1. The van der Waals surface area contributed by atoms with Gasteiger partial charge in [-0.2, -0.15) is 0 Å². The zero-order chi connectivity index (χ0) is 18.8. The lowest BCUT2D eigenvalue weighted by Gasteiger charge is -2.36. The topological polar surface area (TPSA) is 98.5 Å². The molecule has 0 radical (unpaired) electrons. The van der Waals surface area contributed by atoms with E-state index in [2.05, 4.69) is 14.9 Å². The number of carbonyl (C=O) groups is 1. The molecule has 27 heavy (non-hydrogen) atoms. The number of nitrogens with zero attached hydrogens (tertiary/aromatic N) is 2. The summed E-state index contributed by atoms with van der Waals surface area (Å²) in [7, 11) is 0. The maximum Gasteiger partial charge on any atom is 0.314 e. The Morgan fingerprint density at radius 3 is 2.37 bits per heavy atom. The summed E-state index contributed by atoms with van der Waals surface area (Å²) < 4.78 is 5.39. The average molecular weight is 372 g/mol. The summed E-state index contributed by atoms with van der Waals surface area (Å²) in [5, 5.41) is 0. The third-order valence-electron chi connectivity index (χ3n) is 5.49. The molecule has 8 nitrogen and oxygen atoms in total. The van der Waals surface area contributed by atoms with E-state index < -0.39 is 11.1 Å². The van der Waals surface area contributed by atoms with Crippen LogP contribution >= 0.6 is 0 Å². The molecular weight excluding hydrogens is 348 g/mol. The third kappa shape index (κ3) is 3.96. The van der Waals surface area contributed by atoms with Crippen LogP contribution in [0.3, 0.4) is 0 Å². The molecule has 0 bridgehead atoms. The zero-order valence-corrected chi connectivity index (χ0v) is 15.2. The van der Waals surface area contributed by atoms with Gasteiger partial charge in [0.05, 0.1) is 24.2 Å². The summed E-state index contributed by atoms with van der Waals surface area (Å²) in [5.41, 5.74) is 0.102. The van der Waals surface area contributed by atoms with Crippen molar-refractivity contribution in [2.45, 2.75) is 12.8 Å². The second-order valence-corrected chi connectivity index (χ2v) is 7.32. The number of hydrogen-bond donors (Lipinski definition) is 2. The maximum absolute atomic E-state index is 12.8. The van der Waals surface area contributed by atoms with Crippen molar-refractivity contribution in [3.8, 4) is 0 Å². The molecule has 1 amide bonds. The van der Waals surface area contributed by atoms with Crippen molar-refractivity contribution in [2.24, 2.45) is 5.92 Å². The van der Waals surface area contributed by atoms with Gasteiger partial charge in [-0.1, -0.05) is 0 Å². The highest BCUT2D eigenvalue weighted by Gasteiger charge is 2.25. The molecule has 0 spiro atoms. The standard InChI is InChI=1S/C19H24N4O4/c24-17-18(25)21-16-11-14(1-2-15(16)20-17)19(26)23-5-3-13(4-6-23)12-22-7-9-27-10-8-22/h1-2,11,13H,3-10,12H2,(H,20,24)(H,21,25). The zero-order valence-electron chi connectivity index (χ0n) is 15.2. The molecule has 144 valence electrons. The normalized spacial score (nSPS) is 19.5. The smallest absolute Gasteiger partial charge is 0.314 e. The van der Waals surface area contributed by atoms with Gasteiger partial charge in [0.1, 0.15) is 0 Å². The van der Waals surface area contributed by atoms with Crippen LogP contribution in [0.1, 0.15) is 23.2 Å². The number of aromatic amines is 2. The van der Waals surface area contributed by atoms with Crippen molar-refractivity contribution in [2.75, 3.05) is 45.9 Å². The average Bonchev–Trinajstić information content (AvgIpc) is 2.69. The molecule has 1 aromatic carbocycles. The van der Waals surface area contributed by atoms with E-state index in [1.54, 1.807) is 18.2 Å². The lowest BCUT2D eigenvalue weighted by molar-refractivity contribution is 0.0243. The van der Waals surface area contributed by atoms with E-state index in [9.17, 15) is 14.4 Å². The van der Waals surface area contributed by atoms with E-state index in [0.717, 1.165) is 58.8 Å².